The first kappa shape index (κ1) is 18.0. The molecular weight excluding hydrogens is 350 g/mol. The Kier molecular flexibility index (Phi) is 5.83. The van der Waals surface area contributed by atoms with Gasteiger partial charge in [0.1, 0.15) is 0 Å². The maximum atomic E-state index is 12.9. The summed E-state index contributed by atoms with van der Waals surface area (Å²) in [6, 6.07) is 10.2. The van der Waals surface area contributed by atoms with Crippen LogP contribution in [0.15, 0.2) is 35.7 Å². The number of carbonyl (C=O) groups excluding carboxylic acids is 1. The van der Waals surface area contributed by atoms with E-state index in [0.29, 0.717) is 13.0 Å². The molecule has 6 heteroatoms. The van der Waals surface area contributed by atoms with Crippen LogP contribution >= 0.6 is 22.7 Å². The molecule has 0 saturated heterocycles. The van der Waals surface area contributed by atoms with Crippen LogP contribution in [0.3, 0.4) is 0 Å². The zero-order valence-corrected chi connectivity index (χ0v) is 16.5. The second kappa shape index (κ2) is 8.08. The number of fused-ring (bicyclic) bond motifs is 1. The molecule has 0 unspecified atom stereocenters. The lowest BCUT2D eigenvalue weighted by Crippen LogP contribution is -2.34. The zero-order chi connectivity index (χ0) is 17.8. The topological polar surface area (TPSA) is 36.4 Å². The lowest BCUT2D eigenvalue weighted by atomic mass is 10.2. The monoisotopic (exact) mass is 373 g/mol. The number of hydrogen-bond donors (Lipinski definition) is 0. The van der Waals surface area contributed by atoms with E-state index in [1.54, 1.807) is 22.7 Å². The molecule has 0 bridgehead atoms. The number of thiazole rings is 1. The minimum absolute atomic E-state index is 0.122. The normalized spacial score (nSPS) is 11.4. The van der Waals surface area contributed by atoms with Crippen molar-refractivity contribution in [2.45, 2.75) is 19.8 Å². The summed E-state index contributed by atoms with van der Waals surface area (Å²) in [5.41, 5.74) is 2.18. The predicted octanol–water partition coefficient (Wildman–Crippen LogP) is 4.19. The van der Waals surface area contributed by atoms with Crippen LogP contribution in [0, 0.1) is 6.92 Å². The summed E-state index contributed by atoms with van der Waals surface area (Å²) >= 11 is 3.23. The number of aryl methyl sites for hydroxylation is 1. The molecule has 0 radical (unpaired) electrons. The molecule has 0 aliphatic heterocycles. The molecule has 0 saturated carbocycles. The highest BCUT2D eigenvalue weighted by Gasteiger charge is 2.20. The van der Waals surface area contributed by atoms with Crippen LogP contribution < -0.4 is 4.90 Å². The Labute approximate surface area is 156 Å². The molecule has 1 amide bonds. The third-order valence-electron chi connectivity index (χ3n) is 3.96. The Hall–Kier alpha value is -1.76. The van der Waals surface area contributed by atoms with Crippen molar-refractivity contribution in [2.75, 3.05) is 32.1 Å². The molecule has 0 atom stereocenters. The van der Waals surface area contributed by atoms with Crippen molar-refractivity contribution >= 4 is 43.9 Å². The second-order valence-electron chi connectivity index (χ2n) is 6.43. The molecule has 3 aromatic rings. The number of carbonyl (C=O) groups is 1. The second-order valence-corrected chi connectivity index (χ2v) is 8.47. The highest BCUT2D eigenvalue weighted by atomic mass is 32.1. The molecule has 1 aromatic carbocycles. The van der Waals surface area contributed by atoms with Gasteiger partial charge in [-0.15, -0.1) is 11.3 Å². The third kappa shape index (κ3) is 4.66. The number of aromatic nitrogens is 1. The third-order valence-corrected chi connectivity index (χ3v) is 5.87. The SMILES string of the molecule is Cc1ccc2nc(N(CCCN(C)C)C(=O)Cc3cccs3)sc2c1. The van der Waals surface area contributed by atoms with E-state index >= 15 is 0 Å². The smallest absolute Gasteiger partial charge is 0.234 e. The van der Waals surface area contributed by atoms with Crippen LogP contribution in [-0.4, -0.2) is 43.0 Å². The number of thiophene rings is 1. The largest absolute Gasteiger partial charge is 0.309 e. The van der Waals surface area contributed by atoms with E-state index in [-0.39, 0.29) is 5.91 Å². The van der Waals surface area contributed by atoms with Crippen LogP contribution in [0.2, 0.25) is 0 Å². The number of hydrogen-bond acceptors (Lipinski definition) is 5. The Bertz CT molecular complexity index is 840. The number of nitrogens with zero attached hydrogens (tertiary/aromatic N) is 3. The van der Waals surface area contributed by atoms with E-state index in [0.717, 1.165) is 33.2 Å². The molecule has 25 heavy (non-hydrogen) atoms. The van der Waals surface area contributed by atoms with Crippen molar-refractivity contribution in [3.63, 3.8) is 0 Å². The van der Waals surface area contributed by atoms with E-state index in [2.05, 4.69) is 38.1 Å². The maximum absolute atomic E-state index is 12.9. The van der Waals surface area contributed by atoms with Gasteiger partial charge in [0, 0.05) is 11.4 Å². The summed E-state index contributed by atoms with van der Waals surface area (Å²) in [5, 5.41) is 2.82. The van der Waals surface area contributed by atoms with Crippen LogP contribution in [-0.2, 0) is 11.2 Å². The van der Waals surface area contributed by atoms with Crippen LogP contribution in [0.5, 0.6) is 0 Å². The highest BCUT2D eigenvalue weighted by molar-refractivity contribution is 7.22. The standard InChI is InChI=1S/C19H23N3OS2/c1-14-7-8-16-17(12-14)25-19(20-16)22(10-5-9-21(2)3)18(23)13-15-6-4-11-24-15/h4,6-8,11-12H,5,9-10,13H2,1-3H3. The van der Waals surface area contributed by atoms with Crippen LogP contribution in [0.25, 0.3) is 10.2 Å². The molecule has 2 aromatic heterocycles. The Morgan fingerprint density at radius 3 is 2.76 bits per heavy atom. The van der Waals surface area contributed by atoms with Gasteiger partial charge < -0.3 is 4.90 Å². The van der Waals surface area contributed by atoms with Gasteiger partial charge in [-0.3, -0.25) is 9.69 Å². The molecular formula is C19H23N3OS2. The molecule has 132 valence electrons. The van der Waals surface area contributed by atoms with Gasteiger partial charge >= 0.3 is 0 Å². The quantitative estimate of drug-likeness (QED) is 0.623. The summed E-state index contributed by atoms with van der Waals surface area (Å²) in [7, 11) is 4.11. The van der Waals surface area contributed by atoms with Gasteiger partial charge in [0.05, 0.1) is 16.6 Å². The minimum atomic E-state index is 0.122. The van der Waals surface area contributed by atoms with Gasteiger partial charge in [0.25, 0.3) is 0 Å². The number of rotatable bonds is 7. The Morgan fingerprint density at radius 1 is 1.20 bits per heavy atom. The summed E-state index contributed by atoms with van der Waals surface area (Å²) in [6.45, 7) is 3.73. The summed E-state index contributed by atoms with van der Waals surface area (Å²) in [4.78, 5) is 22.7. The van der Waals surface area contributed by atoms with Crippen molar-refractivity contribution < 1.29 is 4.79 Å². The molecule has 0 spiro atoms. The van der Waals surface area contributed by atoms with E-state index in [4.69, 9.17) is 4.98 Å². The fourth-order valence-electron chi connectivity index (χ4n) is 2.66. The van der Waals surface area contributed by atoms with E-state index in [1.165, 1.54) is 5.56 Å². The number of benzene rings is 1. The van der Waals surface area contributed by atoms with Gasteiger partial charge in [-0.25, -0.2) is 4.98 Å². The van der Waals surface area contributed by atoms with Gasteiger partial charge in [0.15, 0.2) is 5.13 Å². The van der Waals surface area contributed by atoms with Gasteiger partial charge in [-0.2, -0.15) is 0 Å². The van der Waals surface area contributed by atoms with E-state index < -0.39 is 0 Å². The van der Waals surface area contributed by atoms with Gasteiger partial charge in [-0.05, 0) is 63.1 Å². The van der Waals surface area contributed by atoms with E-state index in [9.17, 15) is 4.79 Å². The van der Waals surface area contributed by atoms with Crippen LogP contribution in [0.4, 0.5) is 5.13 Å². The van der Waals surface area contributed by atoms with Crippen molar-refractivity contribution in [1.29, 1.82) is 0 Å². The fourth-order valence-corrected chi connectivity index (χ4v) is 4.47. The zero-order valence-electron chi connectivity index (χ0n) is 14.9. The molecule has 0 N–H and O–H groups in total. The highest BCUT2D eigenvalue weighted by Crippen LogP contribution is 2.30. The fraction of sp³-hybridized carbons (Fsp3) is 0.368. The lowest BCUT2D eigenvalue weighted by molar-refractivity contribution is -0.118. The average molecular weight is 374 g/mol. The van der Waals surface area contributed by atoms with Crippen LogP contribution in [0.1, 0.15) is 16.9 Å². The number of anilines is 1. The predicted molar refractivity (Wildman–Crippen MR) is 108 cm³/mol. The van der Waals surface area contributed by atoms with Crippen molar-refractivity contribution in [3.8, 4) is 0 Å². The minimum Gasteiger partial charge on any atom is -0.309 e. The summed E-state index contributed by atoms with van der Waals surface area (Å²) in [5.74, 6) is 0.122. The van der Waals surface area contributed by atoms with E-state index in [1.807, 2.05) is 28.5 Å². The first-order valence-corrected chi connectivity index (χ1v) is 10.1. The molecule has 2 heterocycles. The van der Waals surface area contributed by atoms with Crippen molar-refractivity contribution in [2.24, 2.45) is 0 Å². The molecule has 3 rings (SSSR count). The summed E-state index contributed by atoms with van der Waals surface area (Å²) < 4.78 is 1.14. The first-order chi connectivity index (χ1) is 12.0. The molecule has 4 nitrogen and oxygen atoms in total. The van der Waals surface area contributed by atoms with Crippen molar-refractivity contribution in [3.05, 3.63) is 46.2 Å². The van der Waals surface area contributed by atoms with Gasteiger partial charge in [-0.1, -0.05) is 23.5 Å². The first-order valence-electron chi connectivity index (χ1n) is 8.37. The maximum Gasteiger partial charge on any atom is 0.234 e. The van der Waals surface area contributed by atoms with Gasteiger partial charge in [0.2, 0.25) is 5.91 Å². The number of amides is 1. The Morgan fingerprint density at radius 2 is 2.04 bits per heavy atom. The molecule has 0 aliphatic carbocycles. The lowest BCUT2D eigenvalue weighted by Gasteiger charge is -2.20. The molecule has 0 fully saturated rings. The molecule has 0 aliphatic rings. The Balaban J connectivity index is 1.84. The average Bonchev–Trinajstić information content (AvgIpc) is 3.19. The summed E-state index contributed by atoms with van der Waals surface area (Å²) in [6.07, 6.45) is 1.37. The van der Waals surface area contributed by atoms with Crippen molar-refractivity contribution in [1.82, 2.24) is 9.88 Å².